The second kappa shape index (κ2) is 7.38. The quantitative estimate of drug-likeness (QED) is 0.746. The van der Waals surface area contributed by atoms with Gasteiger partial charge in [-0.05, 0) is 25.3 Å². The molecule has 0 spiro atoms. The molecule has 3 aromatic heterocycles. The number of aromatic nitrogens is 5. The molecule has 1 fully saturated rings. The number of nitrogens with one attached hydrogen (secondary N) is 1. The number of piperidine rings is 1. The zero-order valence-electron chi connectivity index (χ0n) is 15.8. The van der Waals surface area contributed by atoms with Gasteiger partial charge in [-0.1, -0.05) is 6.92 Å². The Bertz CT molecular complexity index is 945. The van der Waals surface area contributed by atoms with Crippen molar-refractivity contribution in [1.82, 2.24) is 29.7 Å². The van der Waals surface area contributed by atoms with Crippen LogP contribution in [-0.4, -0.2) is 49.4 Å². The Morgan fingerprint density at radius 1 is 1.30 bits per heavy atom. The Hall–Kier alpha value is -2.90. The van der Waals surface area contributed by atoms with Crippen LogP contribution in [0.5, 0.6) is 0 Å². The largest absolute Gasteiger partial charge is 0.354 e. The van der Waals surface area contributed by atoms with Gasteiger partial charge in [0.25, 0.3) is 0 Å². The summed E-state index contributed by atoms with van der Waals surface area (Å²) in [6, 6.07) is 2.23. The third-order valence-electron chi connectivity index (χ3n) is 5.13. The molecule has 3 aromatic rings. The van der Waals surface area contributed by atoms with Crippen molar-refractivity contribution in [1.29, 1.82) is 0 Å². The summed E-state index contributed by atoms with van der Waals surface area (Å²) in [7, 11) is 1.90. The van der Waals surface area contributed by atoms with Crippen LogP contribution in [0, 0.1) is 0 Å². The molecule has 4 heterocycles. The average Bonchev–Trinajstić information content (AvgIpc) is 3.34. The molecule has 4 rings (SSSR count). The van der Waals surface area contributed by atoms with Gasteiger partial charge < -0.3 is 10.2 Å². The number of aryl methyl sites for hydroxylation is 1. The van der Waals surface area contributed by atoms with E-state index >= 15 is 0 Å². The van der Waals surface area contributed by atoms with Gasteiger partial charge in [-0.25, -0.2) is 9.50 Å². The second-order valence-electron chi connectivity index (χ2n) is 7.01. The fourth-order valence-corrected chi connectivity index (χ4v) is 3.66. The molecule has 1 aliphatic heterocycles. The van der Waals surface area contributed by atoms with Gasteiger partial charge in [-0.3, -0.25) is 9.48 Å². The first-order valence-corrected chi connectivity index (χ1v) is 9.52. The Morgan fingerprint density at radius 2 is 2.19 bits per heavy atom. The van der Waals surface area contributed by atoms with Gasteiger partial charge in [0, 0.05) is 44.4 Å². The van der Waals surface area contributed by atoms with E-state index in [2.05, 4.69) is 20.4 Å². The van der Waals surface area contributed by atoms with Crippen molar-refractivity contribution in [2.75, 3.05) is 18.0 Å². The lowest BCUT2D eigenvalue weighted by molar-refractivity contribution is -0.120. The van der Waals surface area contributed by atoms with Crippen molar-refractivity contribution in [3.05, 3.63) is 30.9 Å². The van der Waals surface area contributed by atoms with Crippen LogP contribution in [0.15, 0.2) is 30.9 Å². The number of hydrogen-bond donors (Lipinski definition) is 1. The van der Waals surface area contributed by atoms with Gasteiger partial charge in [0.05, 0.1) is 24.3 Å². The van der Waals surface area contributed by atoms with E-state index in [1.54, 1.807) is 10.9 Å². The van der Waals surface area contributed by atoms with Crippen molar-refractivity contribution in [3.63, 3.8) is 0 Å². The van der Waals surface area contributed by atoms with Crippen LogP contribution in [0.1, 0.15) is 32.6 Å². The number of anilines is 1. The molecule has 0 saturated carbocycles. The van der Waals surface area contributed by atoms with E-state index in [9.17, 15) is 4.79 Å². The molecule has 0 radical (unpaired) electrons. The molecular formula is C19H25N7O. The highest BCUT2D eigenvalue weighted by molar-refractivity contribution is 5.76. The van der Waals surface area contributed by atoms with E-state index in [1.165, 1.54) is 6.42 Å². The minimum atomic E-state index is 0.0899. The Kier molecular flexibility index (Phi) is 4.79. The zero-order valence-corrected chi connectivity index (χ0v) is 15.8. The van der Waals surface area contributed by atoms with Crippen LogP contribution in [0.3, 0.4) is 0 Å². The molecule has 1 aliphatic rings. The lowest BCUT2D eigenvalue weighted by Crippen LogP contribution is -2.47. The molecule has 0 aliphatic carbocycles. The minimum Gasteiger partial charge on any atom is -0.354 e. The van der Waals surface area contributed by atoms with Crippen molar-refractivity contribution in [2.45, 2.75) is 38.6 Å². The number of fused-ring (bicyclic) bond motifs is 1. The van der Waals surface area contributed by atoms with Gasteiger partial charge in [-0.2, -0.15) is 10.2 Å². The third kappa shape index (κ3) is 3.51. The van der Waals surface area contributed by atoms with Gasteiger partial charge in [-0.15, -0.1) is 0 Å². The summed E-state index contributed by atoms with van der Waals surface area (Å²) in [4.78, 5) is 19.0. The van der Waals surface area contributed by atoms with Gasteiger partial charge in [0.15, 0.2) is 5.82 Å². The molecule has 8 heteroatoms. The Balaban J connectivity index is 1.71. The molecular weight excluding hydrogens is 342 g/mol. The summed E-state index contributed by atoms with van der Waals surface area (Å²) in [6.07, 6.45) is 11.3. The molecule has 0 unspecified atom stereocenters. The molecule has 0 aromatic carbocycles. The summed E-state index contributed by atoms with van der Waals surface area (Å²) >= 11 is 0. The van der Waals surface area contributed by atoms with Crippen LogP contribution in [-0.2, 0) is 11.8 Å². The average molecular weight is 367 g/mol. The summed E-state index contributed by atoms with van der Waals surface area (Å²) in [5, 5.41) is 11.7. The zero-order chi connectivity index (χ0) is 18.8. The van der Waals surface area contributed by atoms with E-state index in [4.69, 9.17) is 4.98 Å². The van der Waals surface area contributed by atoms with Gasteiger partial charge in [0.2, 0.25) is 5.91 Å². The first kappa shape index (κ1) is 17.5. The number of rotatable bonds is 5. The molecule has 1 saturated heterocycles. The highest BCUT2D eigenvalue weighted by Gasteiger charge is 2.26. The first-order chi connectivity index (χ1) is 13.2. The monoisotopic (exact) mass is 367 g/mol. The predicted octanol–water partition coefficient (Wildman–Crippen LogP) is 2.01. The molecule has 1 N–H and O–H groups in total. The summed E-state index contributed by atoms with van der Waals surface area (Å²) < 4.78 is 3.65. The lowest BCUT2D eigenvalue weighted by Gasteiger charge is -2.37. The molecule has 1 atom stereocenters. The van der Waals surface area contributed by atoms with E-state index in [-0.39, 0.29) is 11.9 Å². The predicted molar refractivity (Wildman–Crippen MR) is 103 cm³/mol. The van der Waals surface area contributed by atoms with Gasteiger partial charge in [0.1, 0.15) is 5.52 Å². The van der Waals surface area contributed by atoms with Crippen LogP contribution in [0.25, 0.3) is 16.8 Å². The lowest BCUT2D eigenvalue weighted by atomic mass is 10.0. The topological polar surface area (TPSA) is 80.4 Å². The highest BCUT2D eigenvalue weighted by Crippen LogP contribution is 2.29. The Labute approximate surface area is 158 Å². The number of nitrogens with zero attached hydrogens (tertiary/aromatic N) is 6. The Morgan fingerprint density at radius 3 is 2.96 bits per heavy atom. The fourth-order valence-electron chi connectivity index (χ4n) is 3.66. The molecule has 8 nitrogen and oxygen atoms in total. The van der Waals surface area contributed by atoms with Crippen molar-refractivity contribution in [3.8, 4) is 11.3 Å². The summed E-state index contributed by atoms with van der Waals surface area (Å²) in [5.41, 5.74) is 2.79. The SMILES string of the molecule is CCC(=O)NC[C@H]1CCCCN1c1nc(-c2cnn(C)c2)cn2nccc12. The number of carbonyl (C=O) groups excluding carboxylic acids is 1. The summed E-state index contributed by atoms with van der Waals surface area (Å²) in [6.45, 7) is 3.45. The van der Waals surface area contributed by atoms with Crippen LogP contribution in [0.2, 0.25) is 0 Å². The molecule has 0 bridgehead atoms. The van der Waals surface area contributed by atoms with E-state index in [0.29, 0.717) is 13.0 Å². The van der Waals surface area contributed by atoms with Crippen LogP contribution in [0.4, 0.5) is 5.82 Å². The molecule has 27 heavy (non-hydrogen) atoms. The maximum absolute atomic E-state index is 11.7. The van der Waals surface area contributed by atoms with Crippen molar-refractivity contribution in [2.24, 2.45) is 7.05 Å². The first-order valence-electron chi connectivity index (χ1n) is 9.52. The maximum atomic E-state index is 11.7. The molecule has 1 amide bonds. The highest BCUT2D eigenvalue weighted by atomic mass is 16.1. The summed E-state index contributed by atoms with van der Waals surface area (Å²) in [5.74, 6) is 1.01. The third-order valence-corrected chi connectivity index (χ3v) is 5.13. The standard InChI is InChI=1S/C19H25N7O/c1-3-18(27)20-11-15-6-4-5-9-25(15)19-17-7-8-21-26(17)13-16(23-19)14-10-22-24(2)12-14/h7-8,10,12-13,15H,3-6,9,11H2,1-2H3,(H,20,27)/t15-/m1/s1. The fraction of sp³-hybridized carbons (Fsp3) is 0.474. The number of hydrogen-bond acceptors (Lipinski definition) is 5. The van der Waals surface area contributed by atoms with E-state index in [1.807, 2.05) is 43.1 Å². The van der Waals surface area contributed by atoms with Gasteiger partial charge >= 0.3 is 0 Å². The second-order valence-corrected chi connectivity index (χ2v) is 7.01. The normalized spacial score (nSPS) is 17.4. The maximum Gasteiger partial charge on any atom is 0.219 e. The van der Waals surface area contributed by atoms with E-state index in [0.717, 1.165) is 42.0 Å². The number of carbonyl (C=O) groups is 1. The number of amides is 1. The smallest absolute Gasteiger partial charge is 0.219 e. The molecule has 142 valence electrons. The van der Waals surface area contributed by atoms with Crippen molar-refractivity contribution >= 4 is 17.2 Å². The van der Waals surface area contributed by atoms with Crippen molar-refractivity contribution < 1.29 is 4.79 Å². The van der Waals surface area contributed by atoms with E-state index < -0.39 is 0 Å². The van der Waals surface area contributed by atoms with Crippen LogP contribution >= 0.6 is 0 Å². The minimum absolute atomic E-state index is 0.0899. The van der Waals surface area contributed by atoms with Crippen LogP contribution < -0.4 is 10.2 Å².